The van der Waals surface area contributed by atoms with E-state index >= 15 is 0 Å². The van der Waals surface area contributed by atoms with Crippen molar-refractivity contribution >= 4 is 16.9 Å². The summed E-state index contributed by atoms with van der Waals surface area (Å²) in [5, 5.41) is 2.88. The predicted molar refractivity (Wildman–Crippen MR) is 117 cm³/mol. The van der Waals surface area contributed by atoms with E-state index in [2.05, 4.69) is 54.6 Å². The molecule has 0 saturated carbocycles. The molecule has 152 valence electrons. The van der Waals surface area contributed by atoms with Gasteiger partial charge >= 0.3 is 0 Å². The molecule has 5 heteroatoms. The molecule has 0 unspecified atom stereocenters. The third-order valence-electron chi connectivity index (χ3n) is 4.75. The first-order valence-electron chi connectivity index (χ1n) is 10.0. The van der Waals surface area contributed by atoms with Crippen LogP contribution in [-0.2, 0) is 17.8 Å². The summed E-state index contributed by atoms with van der Waals surface area (Å²) in [6.07, 6.45) is 1.55. The molecule has 3 aromatic rings. The maximum Gasteiger partial charge on any atom is 0.246 e. The van der Waals surface area contributed by atoms with Gasteiger partial charge in [-0.1, -0.05) is 24.8 Å². The number of ether oxygens (including phenoxy) is 1. The van der Waals surface area contributed by atoms with E-state index in [1.54, 1.807) is 6.92 Å². The van der Waals surface area contributed by atoms with E-state index < -0.39 is 0 Å². The molecule has 29 heavy (non-hydrogen) atoms. The molecule has 2 aromatic carbocycles. The highest BCUT2D eigenvalue weighted by Gasteiger charge is 2.11. The second-order valence-electron chi connectivity index (χ2n) is 7.48. The van der Waals surface area contributed by atoms with Crippen LogP contribution in [0, 0.1) is 13.8 Å². The second-order valence-corrected chi connectivity index (χ2v) is 7.48. The Morgan fingerprint density at radius 3 is 2.62 bits per heavy atom. The molecule has 0 spiro atoms. The maximum absolute atomic E-state index is 11.7. The number of aromatic nitrogens is 2. The Kier molecular flexibility index (Phi) is 6.70. The number of hydrogen-bond donors (Lipinski definition) is 1. The van der Waals surface area contributed by atoms with E-state index in [9.17, 15) is 4.79 Å². The van der Waals surface area contributed by atoms with Crippen molar-refractivity contribution < 1.29 is 9.53 Å². The number of amides is 1. The van der Waals surface area contributed by atoms with Crippen LogP contribution in [0.2, 0.25) is 0 Å². The van der Waals surface area contributed by atoms with Crippen LogP contribution < -0.4 is 10.1 Å². The monoisotopic (exact) mass is 391 g/mol. The lowest BCUT2D eigenvalue weighted by atomic mass is 10.1. The van der Waals surface area contributed by atoms with Crippen molar-refractivity contribution in [2.75, 3.05) is 13.2 Å². The van der Waals surface area contributed by atoms with Crippen LogP contribution in [0.5, 0.6) is 5.75 Å². The topological polar surface area (TPSA) is 56.2 Å². The number of rotatable bonds is 9. The lowest BCUT2D eigenvalue weighted by Crippen LogP contribution is -2.26. The number of hydrogen-bond acceptors (Lipinski definition) is 3. The fourth-order valence-electron chi connectivity index (χ4n) is 3.43. The fourth-order valence-corrected chi connectivity index (χ4v) is 3.43. The number of nitrogens with zero attached hydrogens (tertiary/aromatic N) is 2. The Hall–Kier alpha value is -3.08. The number of carbonyl (C=O) groups is 1. The van der Waals surface area contributed by atoms with Crippen molar-refractivity contribution in [1.82, 2.24) is 14.9 Å². The summed E-state index contributed by atoms with van der Waals surface area (Å²) in [5.41, 5.74) is 5.02. The Balaban J connectivity index is 1.64. The van der Waals surface area contributed by atoms with Gasteiger partial charge in [0.2, 0.25) is 5.91 Å². The fraction of sp³-hybridized carbons (Fsp3) is 0.333. The van der Waals surface area contributed by atoms with E-state index in [-0.39, 0.29) is 5.91 Å². The van der Waals surface area contributed by atoms with Gasteiger partial charge in [-0.2, -0.15) is 0 Å². The average molecular weight is 392 g/mol. The molecule has 3 rings (SSSR count). The summed E-state index contributed by atoms with van der Waals surface area (Å²) in [5.74, 6) is 1.77. The summed E-state index contributed by atoms with van der Waals surface area (Å²) < 4.78 is 8.19. The molecule has 1 heterocycles. The van der Waals surface area contributed by atoms with Crippen molar-refractivity contribution in [3.8, 4) is 5.75 Å². The molecule has 0 aliphatic rings. The number of imidazole rings is 1. The molecule has 0 atom stereocenters. The Labute approximate surface area is 172 Å². The SMILES string of the molecule is C=C(C)C(=O)NCCc1nc2ccccc2n1CCCOc1cc(C)cc(C)c1. The standard InChI is InChI=1S/C24H29N3O2/c1-17(2)24(28)25-11-10-23-26-21-8-5-6-9-22(21)27(23)12-7-13-29-20-15-18(3)14-19(4)16-20/h5-6,8-9,14-16H,1,7,10-13H2,2-4H3,(H,25,28). The average Bonchev–Trinajstić information content (AvgIpc) is 3.02. The maximum atomic E-state index is 11.7. The molecule has 0 fully saturated rings. The summed E-state index contributed by atoms with van der Waals surface area (Å²) in [4.78, 5) is 16.5. The zero-order valence-electron chi connectivity index (χ0n) is 17.5. The number of fused-ring (bicyclic) bond motifs is 1. The largest absolute Gasteiger partial charge is 0.494 e. The molecule has 0 radical (unpaired) electrons. The van der Waals surface area contributed by atoms with Crippen LogP contribution >= 0.6 is 0 Å². The number of nitrogens with one attached hydrogen (secondary N) is 1. The number of benzene rings is 2. The molecular weight excluding hydrogens is 362 g/mol. The van der Waals surface area contributed by atoms with Crippen LogP contribution in [0.15, 0.2) is 54.6 Å². The van der Waals surface area contributed by atoms with Crippen LogP contribution in [0.1, 0.15) is 30.3 Å². The number of carbonyl (C=O) groups excluding carboxylic acids is 1. The highest BCUT2D eigenvalue weighted by molar-refractivity contribution is 5.92. The van der Waals surface area contributed by atoms with E-state index in [0.29, 0.717) is 25.1 Å². The van der Waals surface area contributed by atoms with Gasteiger partial charge in [0.15, 0.2) is 0 Å². The smallest absolute Gasteiger partial charge is 0.246 e. The summed E-state index contributed by atoms with van der Waals surface area (Å²) in [6.45, 7) is 11.5. The first-order chi connectivity index (χ1) is 13.9. The lowest BCUT2D eigenvalue weighted by molar-refractivity contribution is -0.117. The zero-order chi connectivity index (χ0) is 20.8. The molecule has 5 nitrogen and oxygen atoms in total. The minimum absolute atomic E-state index is 0.116. The molecule has 0 saturated heterocycles. The van der Waals surface area contributed by atoms with E-state index in [1.165, 1.54) is 11.1 Å². The highest BCUT2D eigenvalue weighted by atomic mass is 16.5. The normalized spacial score (nSPS) is 10.9. The Morgan fingerprint density at radius 1 is 1.17 bits per heavy atom. The van der Waals surface area contributed by atoms with E-state index in [0.717, 1.165) is 35.6 Å². The third-order valence-corrected chi connectivity index (χ3v) is 4.75. The minimum atomic E-state index is -0.116. The van der Waals surface area contributed by atoms with Gasteiger partial charge in [0.1, 0.15) is 11.6 Å². The van der Waals surface area contributed by atoms with E-state index in [4.69, 9.17) is 9.72 Å². The number of aryl methyl sites for hydroxylation is 3. The Bertz CT molecular complexity index is 1000. The van der Waals surface area contributed by atoms with Gasteiger partial charge in [-0.3, -0.25) is 4.79 Å². The van der Waals surface area contributed by atoms with Crippen LogP contribution in [0.3, 0.4) is 0 Å². The first kappa shape index (κ1) is 20.6. The quantitative estimate of drug-likeness (QED) is 0.436. The summed E-state index contributed by atoms with van der Waals surface area (Å²) >= 11 is 0. The van der Waals surface area contributed by atoms with Gasteiger partial charge < -0.3 is 14.6 Å². The molecule has 0 bridgehead atoms. The molecular formula is C24H29N3O2. The summed E-state index contributed by atoms with van der Waals surface area (Å²) in [7, 11) is 0. The van der Waals surface area contributed by atoms with E-state index in [1.807, 2.05) is 18.2 Å². The molecule has 1 aromatic heterocycles. The van der Waals surface area contributed by atoms with Crippen molar-refractivity contribution in [3.05, 3.63) is 71.6 Å². The van der Waals surface area contributed by atoms with Gasteiger partial charge in [0.25, 0.3) is 0 Å². The van der Waals surface area contributed by atoms with Gasteiger partial charge in [-0.05, 0) is 62.6 Å². The predicted octanol–water partition coefficient (Wildman–Crippen LogP) is 4.36. The summed E-state index contributed by atoms with van der Waals surface area (Å²) in [6, 6.07) is 14.4. The van der Waals surface area contributed by atoms with Crippen molar-refractivity contribution in [2.24, 2.45) is 0 Å². The van der Waals surface area contributed by atoms with Crippen molar-refractivity contribution in [3.63, 3.8) is 0 Å². The van der Waals surface area contributed by atoms with Crippen LogP contribution in [0.4, 0.5) is 0 Å². The second kappa shape index (κ2) is 9.41. The molecule has 0 aliphatic carbocycles. The molecule has 1 N–H and O–H groups in total. The molecule has 1 amide bonds. The highest BCUT2D eigenvalue weighted by Crippen LogP contribution is 2.19. The zero-order valence-corrected chi connectivity index (χ0v) is 17.5. The van der Waals surface area contributed by atoms with Crippen molar-refractivity contribution in [1.29, 1.82) is 0 Å². The van der Waals surface area contributed by atoms with Gasteiger partial charge in [0, 0.05) is 25.1 Å². The molecule has 0 aliphatic heterocycles. The van der Waals surface area contributed by atoms with Crippen molar-refractivity contribution in [2.45, 2.75) is 40.2 Å². The lowest BCUT2D eigenvalue weighted by Gasteiger charge is -2.12. The Morgan fingerprint density at radius 2 is 1.90 bits per heavy atom. The van der Waals surface area contributed by atoms with Crippen LogP contribution in [0.25, 0.3) is 11.0 Å². The minimum Gasteiger partial charge on any atom is -0.494 e. The van der Waals surface area contributed by atoms with Gasteiger partial charge in [-0.25, -0.2) is 4.98 Å². The van der Waals surface area contributed by atoms with Crippen LogP contribution in [-0.4, -0.2) is 28.6 Å². The number of para-hydroxylation sites is 2. The first-order valence-corrected chi connectivity index (χ1v) is 10.0. The van der Waals surface area contributed by atoms with Gasteiger partial charge in [-0.15, -0.1) is 0 Å². The third kappa shape index (κ3) is 5.47. The van der Waals surface area contributed by atoms with Gasteiger partial charge in [0.05, 0.1) is 17.6 Å².